The fourth-order valence-corrected chi connectivity index (χ4v) is 6.51. The summed E-state index contributed by atoms with van der Waals surface area (Å²) in [4.78, 5) is 24.4. The highest BCUT2D eigenvalue weighted by Crippen LogP contribution is 2.14. The standard InChI is InChI=1S/C54H90O5/c1-3-5-7-9-11-13-15-17-19-20-21-22-23-24-25-26-27-28-29-30-31-32-33-34-35-37-39-41-43-45-47-49-54(57)59-52(50-55)51-58-53(56)48-46-44-42-40-38-36-18-16-14-12-10-8-6-4-2/h5,7,11,13,17,19,21-22,24-25,27-28,30-31,33-34,52,55H,3-4,6,8-10,12,14-16,18,20,23,26,29,32,35-51H2,1-2H3/b7-5-,13-11-,19-17-,22-21-,25-24-,28-27-,31-30-,34-33-. The van der Waals surface area contributed by atoms with Crippen LogP contribution in [-0.4, -0.2) is 36.4 Å². The van der Waals surface area contributed by atoms with E-state index in [-0.39, 0.29) is 25.2 Å². The monoisotopic (exact) mass is 819 g/mol. The topological polar surface area (TPSA) is 72.8 Å². The van der Waals surface area contributed by atoms with E-state index in [0.717, 1.165) is 96.3 Å². The number of unbranched alkanes of at least 4 members (excludes halogenated alkanes) is 19. The number of ether oxygens (including phenoxy) is 2. The van der Waals surface area contributed by atoms with E-state index >= 15 is 0 Å². The van der Waals surface area contributed by atoms with Gasteiger partial charge in [0.15, 0.2) is 6.10 Å². The van der Waals surface area contributed by atoms with Crippen LogP contribution in [0, 0.1) is 0 Å². The van der Waals surface area contributed by atoms with Crippen molar-refractivity contribution in [2.75, 3.05) is 13.2 Å². The second-order valence-electron chi connectivity index (χ2n) is 15.8. The molecule has 0 aromatic rings. The van der Waals surface area contributed by atoms with Crippen molar-refractivity contribution < 1.29 is 24.2 Å². The van der Waals surface area contributed by atoms with Gasteiger partial charge in [0.25, 0.3) is 0 Å². The Hall–Kier alpha value is -3.18. The highest BCUT2D eigenvalue weighted by Gasteiger charge is 2.16. The van der Waals surface area contributed by atoms with Gasteiger partial charge in [-0.25, -0.2) is 0 Å². The summed E-state index contributed by atoms with van der Waals surface area (Å²) in [6, 6.07) is 0. The quantitative estimate of drug-likeness (QED) is 0.0377. The van der Waals surface area contributed by atoms with Crippen LogP contribution >= 0.6 is 0 Å². The van der Waals surface area contributed by atoms with E-state index in [0.29, 0.717) is 12.8 Å². The fraction of sp³-hybridized carbons (Fsp3) is 0.667. The molecule has 5 heteroatoms. The van der Waals surface area contributed by atoms with Crippen molar-refractivity contribution in [3.63, 3.8) is 0 Å². The normalized spacial score (nSPS) is 13.1. The molecule has 5 nitrogen and oxygen atoms in total. The van der Waals surface area contributed by atoms with E-state index in [1.807, 2.05) is 0 Å². The maximum absolute atomic E-state index is 12.2. The summed E-state index contributed by atoms with van der Waals surface area (Å²) in [6.07, 6.45) is 69.2. The third-order valence-corrected chi connectivity index (χ3v) is 10.1. The van der Waals surface area contributed by atoms with Crippen LogP contribution in [0.15, 0.2) is 97.2 Å². The van der Waals surface area contributed by atoms with Crippen LogP contribution < -0.4 is 0 Å². The number of hydrogen-bond acceptors (Lipinski definition) is 5. The number of carbonyl (C=O) groups excluding carboxylic acids is 2. The average Bonchev–Trinajstić information content (AvgIpc) is 3.24. The van der Waals surface area contributed by atoms with Crippen molar-refractivity contribution in [2.24, 2.45) is 0 Å². The Morgan fingerprint density at radius 1 is 0.407 bits per heavy atom. The molecular formula is C54H90O5. The largest absolute Gasteiger partial charge is 0.462 e. The summed E-state index contributed by atoms with van der Waals surface area (Å²) in [7, 11) is 0. The van der Waals surface area contributed by atoms with Crippen molar-refractivity contribution in [1.82, 2.24) is 0 Å². The molecule has 0 saturated heterocycles. The molecule has 1 N–H and O–H groups in total. The van der Waals surface area contributed by atoms with Crippen LogP contribution in [0.25, 0.3) is 0 Å². The first kappa shape index (κ1) is 55.8. The maximum atomic E-state index is 12.2. The molecule has 0 bridgehead atoms. The zero-order chi connectivity index (χ0) is 42.8. The summed E-state index contributed by atoms with van der Waals surface area (Å²) in [5, 5.41) is 9.60. The second-order valence-corrected chi connectivity index (χ2v) is 15.8. The second kappa shape index (κ2) is 49.2. The van der Waals surface area contributed by atoms with E-state index in [1.165, 1.54) is 89.9 Å². The predicted octanol–water partition coefficient (Wildman–Crippen LogP) is 16.0. The van der Waals surface area contributed by atoms with Gasteiger partial charge in [-0.2, -0.15) is 0 Å². The highest BCUT2D eigenvalue weighted by atomic mass is 16.6. The van der Waals surface area contributed by atoms with E-state index in [2.05, 4.69) is 111 Å². The maximum Gasteiger partial charge on any atom is 0.306 e. The molecule has 0 rings (SSSR count). The molecule has 1 unspecified atom stereocenters. The predicted molar refractivity (Wildman–Crippen MR) is 256 cm³/mol. The van der Waals surface area contributed by atoms with Gasteiger partial charge in [0, 0.05) is 12.8 Å². The summed E-state index contributed by atoms with van der Waals surface area (Å²) >= 11 is 0. The number of carbonyl (C=O) groups is 2. The minimum atomic E-state index is -0.783. The zero-order valence-electron chi connectivity index (χ0n) is 38.2. The lowest BCUT2D eigenvalue weighted by atomic mass is 10.0. The number of rotatable bonds is 43. The zero-order valence-corrected chi connectivity index (χ0v) is 38.2. The molecule has 336 valence electrons. The lowest BCUT2D eigenvalue weighted by molar-refractivity contribution is -0.161. The van der Waals surface area contributed by atoms with Gasteiger partial charge in [-0.1, -0.05) is 220 Å². The van der Waals surface area contributed by atoms with E-state index in [4.69, 9.17) is 9.47 Å². The Balaban J connectivity index is 3.62. The lowest BCUT2D eigenvalue weighted by Gasteiger charge is -2.15. The molecular weight excluding hydrogens is 729 g/mol. The summed E-state index contributed by atoms with van der Waals surface area (Å²) in [5.74, 6) is -0.609. The third kappa shape index (κ3) is 47.4. The van der Waals surface area contributed by atoms with Crippen LogP contribution in [0.4, 0.5) is 0 Å². The molecule has 0 radical (unpaired) electrons. The van der Waals surface area contributed by atoms with Gasteiger partial charge >= 0.3 is 11.9 Å². The van der Waals surface area contributed by atoms with Crippen molar-refractivity contribution in [3.05, 3.63) is 97.2 Å². The van der Waals surface area contributed by atoms with E-state index in [9.17, 15) is 14.7 Å². The molecule has 0 saturated carbocycles. The Kier molecular flexibility index (Phi) is 46.5. The molecule has 59 heavy (non-hydrogen) atoms. The first-order valence-electron chi connectivity index (χ1n) is 24.3. The van der Waals surface area contributed by atoms with Crippen LogP contribution in [0.3, 0.4) is 0 Å². The van der Waals surface area contributed by atoms with E-state index in [1.54, 1.807) is 0 Å². The number of aliphatic hydroxyl groups excluding tert-OH is 1. The molecule has 0 aliphatic carbocycles. The Morgan fingerprint density at radius 2 is 0.729 bits per heavy atom. The molecule has 0 fully saturated rings. The van der Waals surface area contributed by atoms with E-state index < -0.39 is 6.10 Å². The summed E-state index contributed by atoms with van der Waals surface area (Å²) in [6.45, 7) is 4.01. The minimum absolute atomic E-state index is 0.0747. The van der Waals surface area contributed by atoms with Gasteiger partial charge in [-0.3, -0.25) is 9.59 Å². The number of aliphatic hydroxyl groups is 1. The third-order valence-electron chi connectivity index (χ3n) is 10.1. The molecule has 0 heterocycles. The number of esters is 2. The van der Waals surface area contributed by atoms with Gasteiger partial charge in [0.2, 0.25) is 0 Å². The Morgan fingerprint density at radius 3 is 1.10 bits per heavy atom. The Labute approximate surface area is 364 Å². The van der Waals surface area contributed by atoms with Crippen molar-refractivity contribution >= 4 is 11.9 Å². The minimum Gasteiger partial charge on any atom is -0.462 e. The fourth-order valence-electron chi connectivity index (χ4n) is 6.51. The van der Waals surface area contributed by atoms with Crippen LogP contribution in [0.1, 0.15) is 213 Å². The molecule has 0 aromatic heterocycles. The average molecular weight is 819 g/mol. The van der Waals surface area contributed by atoms with Gasteiger partial charge in [0.1, 0.15) is 6.61 Å². The Bertz CT molecular complexity index is 1150. The van der Waals surface area contributed by atoms with Gasteiger partial charge in [-0.15, -0.1) is 0 Å². The number of allylic oxidation sites excluding steroid dienone is 16. The molecule has 0 amide bonds. The molecule has 0 spiro atoms. The van der Waals surface area contributed by atoms with Gasteiger partial charge in [-0.05, 0) is 77.0 Å². The molecule has 0 aliphatic heterocycles. The number of hydrogen-bond donors (Lipinski definition) is 1. The molecule has 0 aromatic carbocycles. The first-order valence-corrected chi connectivity index (χ1v) is 24.3. The van der Waals surface area contributed by atoms with Gasteiger partial charge < -0.3 is 14.6 Å². The van der Waals surface area contributed by atoms with Crippen molar-refractivity contribution in [2.45, 2.75) is 219 Å². The van der Waals surface area contributed by atoms with Crippen LogP contribution in [-0.2, 0) is 19.1 Å². The summed E-state index contributed by atoms with van der Waals surface area (Å²) < 4.78 is 10.6. The van der Waals surface area contributed by atoms with Crippen LogP contribution in [0.5, 0.6) is 0 Å². The van der Waals surface area contributed by atoms with Crippen molar-refractivity contribution in [3.8, 4) is 0 Å². The lowest BCUT2D eigenvalue weighted by Crippen LogP contribution is -2.28. The molecule has 0 aliphatic rings. The smallest absolute Gasteiger partial charge is 0.306 e. The first-order chi connectivity index (χ1) is 29.1. The molecule has 1 atom stereocenters. The van der Waals surface area contributed by atoms with Crippen LogP contribution in [0.2, 0.25) is 0 Å². The highest BCUT2D eigenvalue weighted by molar-refractivity contribution is 5.70. The summed E-state index contributed by atoms with van der Waals surface area (Å²) in [5.41, 5.74) is 0. The van der Waals surface area contributed by atoms with Gasteiger partial charge in [0.05, 0.1) is 6.61 Å². The SMILES string of the molecule is CC/C=C\C/C=C\C/C=C\C/C=C\C/C=C\C/C=C\C/C=C\C/C=C\CCCCCCCCC(=O)OC(CO)COC(=O)CCCCCCCCCCCCCCCC. The van der Waals surface area contributed by atoms with Crippen molar-refractivity contribution in [1.29, 1.82) is 0 Å².